The highest BCUT2D eigenvalue weighted by molar-refractivity contribution is 7.14. The van der Waals surface area contributed by atoms with Gasteiger partial charge in [-0.05, 0) is 24.5 Å². The van der Waals surface area contributed by atoms with E-state index in [9.17, 15) is 4.79 Å². The Balaban J connectivity index is 1.56. The van der Waals surface area contributed by atoms with Gasteiger partial charge in [-0.2, -0.15) is 0 Å². The fraction of sp³-hybridized carbons (Fsp3) is 0.250. The Bertz CT molecular complexity index is 838. The van der Waals surface area contributed by atoms with Gasteiger partial charge in [-0.3, -0.25) is 4.79 Å². The summed E-state index contributed by atoms with van der Waals surface area (Å²) < 4.78 is 2.01. The molecule has 0 saturated carbocycles. The van der Waals surface area contributed by atoms with Crippen LogP contribution in [-0.4, -0.2) is 10.9 Å². The Morgan fingerprint density at radius 1 is 1.16 bits per heavy atom. The van der Waals surface area contributed by atoms with Crippen LogP contribution in [0.25, 0.3) is 11.3 Å². The lowest BCUT2D eigenvalue weighted by Gasteiger charge is -2.01. The zero-order valence-electron chi connectivity index (χ0n) is 14.5. The maximum absolute atomic E-state index is 12.1. The molecular weight excluding hydrogens is 330 g/mol. The number of aromatic nitrogens is 2. The van der Waals surface area contributed by atoms with Crippen molar-refractivity contribution in [3.63, 3.8) is 0 Å². The summed E-state index contributed by atoms with van der Waals surface area (Å²) in [5.41, 5.74) is 4.49. The second kappa shape index (κ2) is 8.03. The van der Waals surface area contributed by atoms with Crippen molar-refractivity contribution in [1.82, 2.24) is 4.98 Å². The molecule has 3 rings (SSSR count). The molecule has 1 N–H and O–H groups in total. The second-order valence-corrected chi connectivity index (χ2v) is 6.86. The Hall–Kier alpha value is -2.53. The minimum Gasteiger partial charge on any atom is -0.302 e. The lowest BCUT2D eigenvalue weighted by atomic mass is 10.1. The summed E-state index contributed by atoms with van der Waals surface area (Å²) in [5, 5.41) is 5.52. The number of nitrogens with zero attached hydrogens (tertiary/aromatic N) is 2. The summed E-state index contributed by atoms with van der Waals surface area (Å²) in [6.45, 7) is 4.84. The number of pyridine rings is 1. The first-order chi connectivity index (χ1) is 12.1. The van der Waals surface area contributed by atoms with Gasteiger partial charge in [0.2, 0.25) is 5.91 Å². The van der Waals surface area contributed by atoms with Crippen molar-refractivity contribution in [3.8, 4) is 11.3 Å². The molecule has 0 aliphatic carbocycles. The van der Waals surface area contributed by atoms with Gasteiger partial charge in [0.1, 0.15) is 0 Å². The predicted octanol–water partition coefficient (Wildman–Crippen LogP) is 4.00. The van der Waals surface area contributed by atoms with Crippen LogP contribution in [0.2, 0.25) is 0 Å². The number of hydrogen-bond acceptors (Lipinski definition) is 3. The van der Waals surface area contributed by atoms with E-state index in [1.807, 2.05) is 41.4 Å². The summed E-state index contributed by atoms with van der Waals surface area (Å²) in [4.78, 5) is 16.6. The van der Waals surface area contributed by atoms with Crippen molar-refractivity contribution in [3.05, 3.63) is 65.3 Å². The van der Waals surface area contributed by atoms with Gasteiger partial charge in [0.15, 0.2) is 24.1 Å². The minimum atomic E-state index is -0.0182. The van der Waals surface area contributed by atoms with E-state index < -0.39 is 0 Å². The molecule has 0 spiro atoms. The molecule has 2 aromatic heterocycles. The van der Waals surface area contributed by atoms with Crippen LogP contribution < -0.4 is 9.88 Å². The van der Waals surface area contributed by atoms with E-state index in [0.717, 1.165) is 17.7 Å². The summed E-state index contributed by atoms with van der Waals surface area (Å²) in [6, 6.07) is 12.5. The number of thiazole rings is 1. The number of rotatable bonds is 6. The van der Waals surface area contributed by atoms with Crippen LogP contribution in [0.15, 0.2) is 54.2 Å². The average molecular weight is 352 g/mol. The Labute approximate surface area is 152 Å². The van der Waals surface area contributed by atoms with E-state index in [1.54, 1.807) is 0 Å². The standard InChI is InChI=1S/C20H21N3OS/c1-3-16-4-6-17(7-5-16)18-14-25-20(21-18)22-19(24)10-13-23-11-8-15(2)9-12-23/h4-9,11-12,14H,3,10,13H2,1-2H3/p+1. The van der Waals surface area contributed by atoms with Crippen molar-refractivity contribution in [1.29, 1.82) is 0 Å². The largest absolute Gasteiger partial charge is 0.302 e. The van der Waals surface area contributed by atoms with Crippen LogP contribution >= 0.6 is 11.3 Å². The topological polar surface area (TPSA) is 45.9 Å². The van der Waals surface area contributed by atoms with Gasteiger partial charge in [0.25, 0.3) is 0 Å². The molecule has 3 aromatic rings. The minimum absolute atomic E-state index is 0.0182. The van der Waals surface area contributed by atoms with Crippen molar-refractivity contribution >= 4 is 22.4 Å². The van der Waals surface area contributed by atoms with Gasteiger partial charge in [-0.25, -0.2) is 9.55 Å². The Morgan fingerprint density at radius 2 is 1.88 bits per heavy atom. The van der Waals surface area contributed by atoms with E-state index in [2.05, 4.69) is 41.5 Å². The van der Waals surface area contributed by atoms with E-state index >= 15 is 0 Å². The maximum Gasteiger partial charge on any atom is 0.232 e. The molecule has 25 heavy (non-hydrogen) atoms. The van der Waals surface area contributed by atoms with Gasteiger partial charge in [-0.1, -0.05) is 31.2 Å². The number of carbonyl (C=O) groups is 1. The van der Waals surface area contributed by atoms with Crippen LogP contribution in [0.1, 0.15) is 24.5 Å². The zero-order chi connectivity index (χ0) is 17.6. The summed E-state index contributed by atoms with van der Waals surface area (Å²) >= 11 is 1.46. The third kappa shape index (κ3) is 4.73. The number of benzene rings is 1. The molecular formula is C20H22N3OS+. The number of anilines is 1. The molecule has 0 aliphatic heterocycles. The molecule has 4 nitrogen and oxygen atoms in total. The highest BCUT2D eigenvalue weighted by Gasteiger charge is 2.10. The summed E-state index contributed by atoms with van der Waals surface area (Å²) in [6.07, 6.45) is 5.43. The predicted molar refractivity (Wildman–Crippen MR) is 102 cm³/mol. The van der Waals surface area contributed by atoms with Crippen molar-refractivity contribution < 1.29 is 9.36 Å². The monoisotopic (exact) mass is 352 g/mol. The average Bonchev–Trinajstić information content (AvgIpc) is 3.10. The molecule has 5 heteroatoms. The highest BCUT2D eigenvalue weighted by Crippen LogP contribution is 2.25. The summed E-state index contributed by atoms with van der Waals surface area (Å²) in [7, 11) is 0. The van der Waals surface area contributed by atoms with Crippen LogP contribution in [0.3, 0.4) is 0 Å². The van der Waals surface area contributed by atoms with Crippen LogP contribution in [-0.2, 0) is 17.8 Å². The molecule has 2 heterocycles. The van der Waals surface area contributed by atoms with Crippen molar-refractivity contribution in [2.24, 2.45) is 0 Å². The Kier molecular flexibility index (Phi) is 5.56. The number of hydrogen-bond donors (Lipinski definition) is 1. The summed E-state index contributed by atoms with van der Waals surface area (Å²) in [5.74, 6) is -0.0182. The SMILES string of the molecule is CCc1ccc(-c2csc(NC(=O)CC[n+]3ccc(C)cc3)n2)cc1. The Morgan fingerprint density at radius 3 is 2.56 bits per heavy atom. The molecule has 1 amide bonds. The van der Waals surface area contributed by atoms with E-state index in [1.165, 1.54) is 22.5 Å². The quantitative estimate of drug-likeness (QED) is 0.682. The first kappa shape index (κ1) is 17.3. The molecule has 0 atom stereocenters. The third-order valence-electron chi connectivity index (χ3n) is 4.06. The molecule has 0 fully saturated rings. The number of aryl methyl sites for hydroxylation is 3. The number of amides is 1. The van der Waals surface area contributed by atoms with Crippen LogP contribution in [0.4, 0.5) is 5.13 Å². The lowest BCUT2D eigenvalue weighted by molar-refractivity contribution is -0.695. The van der Waals surface area contributed by atoms with Crippen molar-refractivity contribution in [2.45, 2.75) is 33.2 Å². The first-order valence-electron chi connectivity index (χ1n) is 8.44. The van der Waals surface area contributed by atoms with E-state index in [4.69, 9.17) is 0 Å². The molecule has 1 aromatic carbocycles. The maximum atomic E-state index is 12.1. The van der Waals surface area contributed by atoms with Gasteiger partial charge >= 0.3 is 0 Å². The van der Waals surface area contributed by atoms with E-state index in [0.29, 0.717) is 18.1 Å². The van der Waals surface area contributed by atoms with Gasteiger partial charge in [-0.15, -0.1) is 11.3 Å². The highest BCUT2D eigenvalue weighted by atomic mass is 32.1. The smallest absolute Gasteiger partial charge is 0.232 e. The normalized spacial score (nSPS) is 10.6. The number of carbonyl (C=O) groups excluding carboxylic acids is 1. The fourth-order valence-electron chi connectivity index (χ4n) is 2.47. The van der Waals surface area contributed by atoms with Crippen LogP contribution in [0, 0.1) is 6.92 Å². The lowest BCUT2D eigenvalue weighted by Crippen LogP contribution is -2.34. The molecule has 0 saturated heterocycles. The number of nitrogens with one attached hydrogen (secondary N) is 1. The second-order valence-electron chi connectivity index (χ2n) is 6.00. The van der Waals surface area contributed by atoms with E-state index in [-0.39, 0.29) is 5.91 Å². The van der Waals surface area contributed by atoms with Gasteiger partial charge < -0.3 is 5.32 Å². The van der Waals surface area contributed by atoms with Crippen molar-refractivity contribution in [2.75, 3.05) is 5.32 Å². The molecule has 0 unspecified atom stereocenters. The molecule has 0 bridgehead atoms. The first-order valence-corrected chi connectivity index (χ1v) is 9.32. The molecule has 0 radical (unpaired) electrons. The third-order valence-corrected chi connectivity index (χ3v) is 4.82. The van der Waals surface area contributed by atoms with Gasteiger partial charge in [0.05, 0.1) is 12.1 Å². The van der Waals surface area contributed by atoms with Crippen LogP contribution in [0.5, 0.6) is 0 Å². The zero-order valence-corrected chi connectivity index (χ0v) is 15.3. The molecule has 0 aliphatic rings. The fourth-order valence-corrected chi connectivity index (χ4v) is 3.20. The van der Waals surface area contributed by atoms with Gasteiger partial charge in [0, 0.05) is 23.1 Å². The molecule has 128 valence electrons.